The van der Waals surface area contributed by atoms with Gasteiger partial charge in [-0.2, -0.15) is 0 Å². The maximum Gasteiger partial charge on any atom is 0.119 e. The molecule has 0 aliphatic heterocycles. The van der Waals surface area contributed by atoms with E-state index in [9.17, 15) is 4.79 Å². The first kappa shape index (κ1) is 11.7. The molecule has 0 aromatic rings. The van der Waals surface area contributed by atoms with Crippen LogP contribution in [0.5, 0.6) is 0 Å². The van der Waals surface area contributed by atoms with E-state index in [0.717, 1.165) is 25.0 Å². The molecule has 72 valence electrons. The second-order valence-electron chi connectivity index (χ2n) is 4.97. The first-order valence-electron chi connectivity index (χ1n) is 4.89. The van der Waals surface area contributed by atoms with Crippen molar-refractivity contribution >= 4 is 6.29 Å². The number of carbonyl (C=O) groups excluding carboxylic acids is 1. The third kappa shape index (κ3) is 7.77. The third-order valence-electron chi connectivity index (χ3n) is 1.98. The monoisotopic (exact) mass is 170 g/mol. The molecule has 0 saturated carbocycles. The van der Waals surface area contributed by atoms with Crippen molar-refractivity contribution in [2.24, 2.45) is 11.3 Å². The lowest BCUT2D eigenvalue weighted by molar-refractivity contribution is -0.107. The van der Waals surface area contributed by atoms with E-state index in [1.165, 1.54) is 12.8 Å². The summed E-state index contributed by atoms with van der Waals surface area (Å²) in [6.45, 7) is 9.08. The standard InChI is InChI=1S/C11H22O/c1-10(7-5-6-8-12)9-11(2,3)4/h8,10H,5-7,9H2,1-4H3. The first-order valence-corrected chi connectivity index (χ1v) is 4.89. The molecule has 0 fully saturated rings. The Kier molecular flexibility index (Phi) is 5.19. The zero-order valence-corrected chi connectivity index (χ0v) is 8.89. The summed E-state index contributed by atoms with van der Waals surface area (Å²) in [6.07, 6.45) is 5.25. The molecule has 1 heteroatoms. The van der Waals surface area contributed by atoms with Crippen LogP contribution in [0.4, 0.5) is 0 Å². The van der Waals surface area contributed by atoms with Crippen LogP contribution in [0.3, 0.4) is 0 Å². The van der Waals surface area contributed by atoms with Crippen molar-refractivity contribution in [2.45, 2.75) is 53.4 Å². The Morgan fingerprint density at radius 3 is 2.33 bits per heavy atom. The fourth-order valence-electron chi connectivity index (χ4n) is 1.70. The van der Waals surface area contributed by atoms with Gasteiger partial charge in [0.15, 0.2) is 0 Å². The quantitative estimate of drug-likeness (QED) is 0.456. The van der Waals surface area contributed by atoms with Crippen molar-refractivity contribution in [1.82, 2.24) is 0 Å². The first-order chi connectivity index (χ1) is 5.45. The molecule has 12 heavy (non-hydrogen) atoms. The minimum absolute atomic E-state index is 0.431. The van der Waals surface area contributed by atoms with Crippen LogP contribution in [0.1, 0.15) is 53.4 Å². The number of hydrogen-bond acceptors (Lipinski definition) is 1. The molecule has 0 aromatic heterocycles. The number of unbranched alkanes of at least 4 members (excludes halogenated alkanes) is 1. The fourth-order valence-corrected chi connectivity index (χ4v) is 1.70. The Hall–Kier alpha value is -0.330. The topological polar surface area (TPSA) is 17.1 Å². The zero-order chi connectivity index (χ0) is 9.61. The highest BCUT2D eigenvalue weighted by molar-refractivity contribution is 5.48. The number of carbonyl (C=O) groups is 1. The lowest BCUT2D eigenvalue weighted by atomic mass is 9.83. The summed E-state index contributed by atoms with van der Waals surface area (Å²) in [4.78, 5) is 10.1. The summed E-state index contributed by atoms with van der Waals surface area (Å²) in [5.41, 5.74) is 0.431. The summed E-state index contributed by atoms with van der Waals surface area (Å²) < 4.78 is 0. The largest absolute Gasteiger partial charge is 0.303 e. The van der Waals surface area contributed by atoms with E-state index >= 15 is 0 Å². The Morgan fingerprint density at radius 1 is 1.33 bits per heavy atom. The van der Waals surface area contributed by atoms with Crippen LogP contribution in [0, 0.1) is 11.3 Å². The highest BCUT2D eigenvalue weighted by Gasteiger charge is 2.14. The minimum atomic E-state index is 0.431. The molecule has 0 heterocycles. The molecule has 0 N–H and O–H groups in total. The van der Waals surface area contributed by atoms with E-state index in [0.29, 0.717) is 5.41 Å². The maximum absolute atomic E-state index is 10.1. The van der Waals surface area contributed by atoms with E-state index < -0.39 is 0 Å². The van der Waals surface area contributed by atoms with Crippen molar-refractivity contribution in [3.8, 4) is 0 Å². The van der Waals surface area contributed by atoms with Crippen molar-refractivity contribution in [2.75, 3.05) is 0 Å². The number of hydrogen-bond donors (Lipinski definition) is 0. The van der Waals surface area contributed by atoms with Gasteiger partial charge in [-0.25, -0.2) is 0 Å². The van der Waals surface area contributed by atoms with Crippen LogP contribution in [-0.4, -0.2) is 6.29 Å². The second kappa shape index (κ2) is 5.34. The average molecular weight is 170 g/mol. The molecule has 1 atom stereocenters. The van der Waals surface area contributed by atoms with Gasteiger partial charge in [-0.3, -0.25) is 0 Å². The number of rotatable bonds is 5. The molecular weight excluding hydrogens is 148 g/mol. The van der Waals surface area contributed by atoms with Gasteiger partial charge in [0.05, 0.1) is 0 Å². The van der Waals surface area contributed by atoms with E-state index in [4.69, 9.17) is 0 Å². The molecule has 0 aliphatic rings. The Morgan fingerprint density at radius 2 is 1.92 bits per heavy atom. The van der Waals surface area contributed by atoms with Gasteiger partial charge >= 0.3 is 0 Å². The molecule has 0 spiro atoms. The second-order valence-corrected chi connectivity index (χ2v) is 4.97. The molecule has 0 rings (SSSR count). The molecule has 0 aliphatic carbocycles. The van der Waals surface area contributed by atoms with Gasteiger partial charge in [-0.15, -0.1) is 0 Å². The SMILES string of the molecule is CC(CCCC=O)CC(C)(C)C. The van der Waals surface area contributed by atoms with Crippen molar-refractivity contribution in [1.29, 1.82) is 0 Å². The summed E-state index contributed by atoms with van der Waals surface area (Å²) in [5.74, 6) is 0.755. The lowest BCUT2D eigenvalue weighted by Crippen LogP contribution is -2.10. The van der Waals surface area contributed by atoms with Crippen molar-refractivity contribution in [3.05, 3.63) is 0 Å². The predicted octanol–water partition coefficient (Wildman–Crippen LogP) is 3.43. The Bertz CT molecular complexity index is 121. The van der Waals surface area contributed by atoms with Gasteiger partial charge in [0.1, 0.15) is 6.29 Å². The fraction of sp³-hybridized carbons (Fsp3) is 0.909. The summed E-state index contributed by atoms with van der Waals surface area (Å²) in [5, 5.41) is 0. The van der Waals surface area contributed by atoms with Crippen molar-refractivity contribution in [3.63, 3.8) is 0 Å². The molecule has 0 aromatic carbocycles. The maximum atomic E-state index is 10.1. The van der Waals surface area contributed by atoms with Gasteiger partial charge in [-0.1, -0.05) is 34.1 Å². The van der Waals surface area contributed by atoms with Gasteiger partial charge < -0.3 is 4.79 Å². The van der Waals surface area contributed by atoms with Gasteiger partial charge in [-0.05, 0) is 24.2 Å². The summed E-state index contributed by atoms with van der Waals surface area (Å²) in [6, 6.07) is 0. The molecule has 0 bridgehead atoms. The molecule has 1 nitrogen and oxygen atoms in total. The minimum Gasteiger partial charge on any atom is -0.303 e. The van der Waals surface area contributed by atoms with Crippen molar-refractivity contribution < 1.29 is 4.79 Å². The highest BCUT2D eigenvalue weighted by Crippen LogP contribution is 2.26. The third-order valence-corrected chi connectivity index (χ3v) is 1.98. The molecule has 0 amide bonds. The lowest BCUT2D eigenvalue weighted by Gasteiger charge is -2.22. The van der Waals surface area contributed by atoms with Crippen LogP contribution < -0.4 is 0 Å². The normalized spacial score (nSPS) is 14.3. The number of aldehydes is 1. The molecule has 0 saturated heterocycles. The van der Waals surface area contributed by atoms with E-state index in [2.05, 4.69) is 27.7 Å². The predicted molar refractivity (Wildman–Crippen MR) is 53.2 cm³/mol. The average Bonchev–Trinajstić information content (AvgIpc) is 1.84. The van der Waals surface area contributed by atoms with E-state index in [1.807, 2.05) is 0 Å². The van der Waals surface area contributed by atoms with Crippen LogP contribution in [-0.2, 0) is 4.79 Å². The van der Waals surface area contributed by atoms with Gasteiger partial charge in [0.25, 0.3) is 0 Å². The van der Waals surface area contributed by atoms with Crippen LogP contribution in [0.2, 0.25) is 0 Å². The highest BCUT2D eigenvalue weighted by atomic mass is 16.1. The molecule has 1 unspecified atom stereocenters. The smallest absolute Gasteiger partial charge is 0.119 e. The Labute approximate surface area is 76.6 Å². The molecular formula is C11H22O. The summed E-state index contributed by atoms with van der Waals surface area (Å²) in [7, 11) is 0. The summed E-state index contributed by atoms with van der Waals surface area (Å²) >= 11 is 0. The molecule has 0 radical (unpaired) electrons. The Balaban J connectivity index is 3.46. The van der Waals surface area contributed by atoms with Crippen LogP contribution >= 0.6 is 0 Å². The van der Waals surface area contributed by atoms with E-state index in [1.54, 1.807) is 0 Å². The van der Waals surface area contributed by atoms with E-state index in [-0.39, 0.29) is 0 Å². The van der Waals surface area contributed by atoms with Crippen LogP contribution in [0.25, 0.3) is 0 Å². The van der Waals surface area contributed by atoms with Gasteiger partial charge in [0.2, 0.25) is 0 Å². The zero-order valence-electron chi connectivity index (χ0n) is 8.89. The van der Waals surface area contributed by atoms with Gasteiger partial charge in [0, 0.05) is 6.42 Å². The van der Waals surface area contributed by atoms with Crippen LogP contribution in [0.15, 0.2) is 0 Å².